The summed E-state index contributed by atoms with van der Waals surface area (Å²) in [5.41, 5.74) is 3.99. The Morgan fingerprint density at radius 2 is 1.92 bits per heavy atom. The van der Waals surface area contributed by atoms with E-state index in [0.717, 1.165) is 28.8 Å². The smallest absolute Gasteiger partial charge is 0.236 e. The average molecular weight is 502 g/mol. The van der Waals surface area contributed by atoms with Crippen LogP contribution in [0.4, 0.5) is 5.69 Å². The van der Waals surface area contributed by atoms with E-state index in [1.807, 2.05) is 74.2 Å². The second-order valence-electron chi connectivity index (χ2n) is 9.64. The van der Waals surface area contributed by atoms with Crippen molar-refractivity contribution in [3.63, 3.8) is 0 Å². The molecule has 2 heterocycles. The first-order valence-electron chi connectivity index (χ1n) is 12.2. The number of para-hydroxylation sites is 1. The van der Waals surface area contributed by atoms with Crippen LogP contribution in [0.1, 0.15) is 35.2 Å². The lowest BCUT2D eigenvalue weighted by Crippen LogP contribution is -2.71. The van der Waals surface area contributed by atoms with E-state index >= 15 is 0 Å². The van der Waals surface area contributed by atoms with E-state index in [1.54, 1.807) is 7.11 Å². The minimum absolute atomic E-state index is 0.123. The van der Waals surface area contributed by atoms with Gasteiger partial charge in [-0.25, -0.2) is 0 Å². The fourth-order valence-corrected chi connectivity index (χ4v) is 5.77. The molecule has 2 bridgehead atoms. The number of carbonyl (C=O) groups is 1. The molecule has 3 atom stereocenters. The Hall–Kier alpha value is -3.58. The summed E-state index contributed by atoms with van der Waals surface area (Å²) in [4.78, 5) is 16.0. The van der Waals surface area contributed by atoms with Crippen molar-refractivity contribution < 1.29 is 14.3 Å². The molecule has 0 radical (unpaired) electrons. The maximum Gasteiger partial charge on any atom is 0.236 e. The highest BCUT2D eigenvalue weighted by molar-refractivity contribution is 7.80. The van der Waals surface area contributed by atoms with Gasteiger partial charge in [-0.15, -0.1) is 0 Å². The number of nitrogens with zero attached hydrogens (tertiary/aromatic N) is 1. The van der Waals surface area contributed by atoms with Crippen molar-refractivity contribution in [2.45, 2.75) is 39.0 Å². The van der Waals surface area contributed by atoms with Crippen molar-refractivity contribution in [3.05, 3.63) is 89.0 Å². The molecule has 0 unspecified atom stereocenters. The lowest BCUT2D eigenvalue weighted by Gasteiger charge is -2.56. The molecule has 5 rings (SSSR count). The molecule has 2 aliphatic heterocycles. The van der Waals surface area contributed by atoms with Crippen molar-refractivity contribution in [3.8, 4) is 11.5 Å². The van der Waals surface area contributed by atoms with Gasteiger partial charge >= 0.3 is 0 Å². The number of hydrogen-bond acceptors (Lipinski definition) is 4. The van der Waals surface area contributed by atoms with Crippen molar-refractivity contribution in [1.82, 2.24) is 10.2 Å². The number of fused-ring (bicyclic) bond motifs is 4. The lowest BCUT2D eigenvalue weighted by molar-refractivity contribution is -0.149. The van der Waals surface area contributed by atoms with E-state index in [1.165, 1.54) is 5.56 Å². The van der Waals surface area contributed by atoms with Gasteiger partial charge in [-0.05, 0) is 62.7 Å². The molecule has 0 aliphatic carbocycles. The van der Waals surface area contributed by atoms with Crippen molar-refractivity contribution in [2.75, 3.05) is 19.0 Å². The van der Waals surface area contributed by atoms with Crippen LogP contribution in [-0.2, 0) is 11.2 Å². The summed E-state index contributed by atoms with van der Waals surface area (Å²) in [6.45, 7) is 6.59. The highest BCUT2D eigenvalue weighted by Gasteiger charge is 2.59. The number of aryl methyl sites for hydroxylation is 2. The predicted molar refractivity (Wildman–Crippen MR) is 145 cm³/mol. The Balaban J connectivity index is 1.54. The van der Waals surface area contributed by atoms with Crippen LogP contribution in [0.3, 0.4) is 0 Å². The maximum atomic E-state index is 14.0. The Kier molecular flexibility index (Phi) is 6.35. The SMILES string of the molecule is COc1cccc2c1O[C@@]1(C)[C@H](C(=O)Nc3ccc(C)cc3C)[C@H]2NC(=S)N1CCc1ccccc1. The van der Waals surface area contributed by atoms with E-state index in [2.05, 4.69) is 28.8 Å². The highest BCUT2D eigenvalue weighted by atomic mass is 32.1. The number of anilines is 1. The van der Waals surface area contributed by atoms with Crippen LogP contribution in [-0.4, -0.2) is 35.3 Å². The summed E-state index contributed by atoms with van der Waals surface area (Å²) in [6.07, 6.45) is 0.760. The summed E-state index contributed by atoms with van der Waals surface area (Å²) in [5.74, 6) is 0.584. The molecule has 3 aromatic carbocycles. The van der Waals surface area contributed by atoms with Crippen LogP contribution in [0.5, 0.6) is 11.5 Å². The Morgan fingerprint density at radius 3 is 2.64 bits per heavy atom. The Bertz CT molecular complexity index is 1310. The van der Waals surface area contributed by atoms with Gasteiger partial charge in [0.25, 0.3) is 0 Å². The molecule has 7 heteroatoms. The van der Waals surface area contributed by atoms with Crippen LogP contribution >= 0.6 is 12.2 Å². The van der Waals surface area contributed by atoms with Gasteiger partial charge in [-0.1, -0.05) is 60.2 Å². The van der Waals surface area contributed by atoms with E-state index in [4.69, 9.17) is 21.7 Å². The third kappa shape index (κ3) is 4.17. The number of methoxy groups -OCH3 is 1. The third-order valence-electron chi connectivity index (χ3n) is 7.23. The second kappa shape index (κ2) is 9.47. The van der Waals surface area contributed by atoms with Gasteiger partial charge in [-0.2, -0.15) is 0 Å². The van der Waals surface area contributed by atoms with E-state index < -0.39 is 11.6 Å². The molecule has 36 heavy (non-hydrogen) atoms. The second-order valence-corrected chi connectivity index (χ2v) is 10.0. The highest BCUT2D eigenvalue weighted by Crippen LogP contribution is 2.51. The molecule has 2 N–H and O–H groups in total. The molecular formula is C29H31N3O3S. The molecular weight excluding hydrogens is 470 g/mol. The molecule has 1 amide bonds. The normalized spacial score (nSPS) is 22.2. The number of nitrogens with one attached hydrogen (secondary N) is 2. The van der Waals surface area contributed by atoms with Crippen LogP contribution in [0, 0.1) is 19.8 Å². The Morgan fingerprint density at radius 1 is 1.14 bits per heavy atom. The maximum absolute atomic E-state index is 14.0. The number of thiocarbonyl (C=S) groups is 1. The summed E-state index contributed by atoms with van der Waals surface area (Å²) < 4.78 is 12.3. The Labute approximate surface area is 217 Å². The third-order valence-corrected chi connectivity index (χ3v) is 7.57. The van der Waals surface area contributed by atoms with Gasteiger partial charge < -0.3 is 25.0 Å². The number of rotatable bonds is 6. The van der Waals surface area contributed by atoms with Crippen molar-refractivity contribution in [1.29, 1.82) is 0 Å². The van der Waals surface area contributed by atoms with Crippen molar-refractivity contribution >= 4 is 28.9 Å². The molecule has 0 saturated carbocycles. The molecule has 6 nitrogen and oxygen atoms in total. The van der Waals surface area contributed by atoms with Gasteiger partial charge in [0.2, 0.25) is 5.91 Å². The minimum Gasteiger partial charge on any atom is -0.493 e. The van der Waals surface area contributed by atoms with E-state index in [0.29, 0.717) is 23.2 Å². The zero-order chi connectivity index (χ0) is 25.4. The monoisotopic (exact) mass is 501 g/mol. The predicted octanol–water partition coefficient (Wildman–Crippen LogP) is 5.15. The molecule has 2 aliphatic rings. The number of hydrogen-bond donors (Lipinski definition) is 2. The van der Waals surface area contributed by atoms with Gasteiger partial charge in [0.05, 0.1) is 13.2 Å². The molecule has 3 aromatic rings. The van der Waals surface area contributed by atoms with Crippen LogP contribution in [0.2, 0.25) is 0 Å². The number of ether oxygens (including phenoxy) is 2. The average Bonchev–Trinajstić information content (AvgIpc) is 2.85. The van der Waals surface area contributed by atoms with Crippen LogP contribution in [0.25, 0.3) is 0 Å². The zero-order valence-corrected chi connectivity index (χ0v) is 21.8. The van der Waals surface area contributed by atoms with E-state index in [9.17, 15) is 4.79 Å². The molecule has 1 fully saturated rings. The lowest BCUT2D eigenvalue weighted by atomic mass is 9.78. The standard InChI is InChI=1S/C29H31N3O3S/c1-18-13-14-22(19(2)17-18)30-27(33)24-25-21-11-8-12-23(34-4)26(21)35-29(24,3)32(28(36)31-25)16-15-20-9-6-5-7-10-20/h5-14,17,24-25H,15-16H2,1-4H3,(H,30,33)(H,31,36)/t24-,25-,29-/m0/s1. The number of carbonyl (C=O) groups excluding carboxylic acids is 1. The largest absolute Gasteiger partial charge is 0.493 e. The topological polar surface area (TPSA) is 62.8 Å². The molecule has 0 aromatic heterocycles. The quantitative estimate of drug-likeness (QED) is 0.456. The summed E-state index contributed by atoms with van der Waals surface area (Å²) in [7, 11) is 1.63. The van der Waals surface area contributed by atoms with Gasteiger partial charge in [-0.3, -0.25) is 4.79 Å². The summed E-state index contributed by atoms with van der Waals surface area (Å²) >= 11 is 5.84. The first kappa shape index (κ1) is 24.1. The molecule has 1 saturated heterocycles. The number of benzene rings is 3. The van der Waals surface area contributed by atoms with Crippen LogP contribution < -0.4 is 20.1 Å². The fourth-order valence-electron chi connectivity index (χ4n) is 5.37. The molecule has 0 spiro atoms. The fraction of sp³-hybridized carbons (Fsp3) is 0.310. The first-order chi connectivity index (χ1) is 17.3. The van der Waals surface area contributed by atoms with Gasteiger partial charge in [0, 0.05) is 17.8 Å². The first-order valence-corrected chi connectivity index (χ1v) is 12.6. The minimum atomic E-state index is -1.02. The number of amides is 1. The van der Waals surface area contributed by atoms with Crippen molar-refractivity contribution in [2.24, 2.45) is 5.92 Å². The summed E-state index contributed by atoms with van der Waals surface area (Å²) in [5, 5.41) is 7.21. The van der Waals surface area contributed by atoms with Gasteiger partial charge in [0.15, 0.2) is 22.3 Å². The summed E-state index contributed by atoms with van der Waals surface area (Å²) in [6, 6.07) is 21.7. The van der Waals surface area contributed by atoms with E-state index in [-0.39, 0.29) is 11.9 Å². The zero-order valence-electron chi connectivity index (χ0n) is 21.0. The van der Waals surface area contributed by atoms with Gasteiger partial charge in [0.1, 0.15) is 5.92 Å². The van der Waals surface area contributed by atoms with Crippen LogP contribution in [0.15, 0.2) is 66.7 Å². The molecule has 186 valence electrons.